The minimum atomic E-state index is -3.59. The monoisotopic (exact) mass is 398 g/mol. The van der Waals surface area contributed by atoms with Crippen molar-refractivity contribution in [2.75, 3.05) is 20.1 Å². The van der Waals surface area contributed by atoms with Gasteiger partial charge in [-0.15, -0.1) is 0 Å². The largest absolute Gasteiger partial charge is 0.342 e. The molecule has 0 spiro atoms. The summed E-state index contributed by atoms with van der Waals surface area (Å²) in [5.41, 5.74) is 0. The fourth-order valence-corrected chi connectivity index (χ4v) is 5.70. The Morgan fingerprint density at radius 2 is 1.73 bits per heavy atom. The molecule has 0 aromatic heterocycles. The quantitative estimate of drug-likeness (QED) is 0.779. The highest BCUT2D eigenvalue weighted by Crippen LogP contribution is 2.28. The number of hydrogen-bond acceptors (Lipinski definition) is 3. The van der Waals surface area contributed by atoms with E-state index in [1.54, 1.807) is 12.1 Å². The second-order valence-electron chi connectivity index (χ2n) is 7.40. The van der Waals surface area contributed by atoms with Crippen LogP contribution in [0.15, 0.2) is 29.2 Å². The van der Waals surface area contributed by atoms with Gasteiger partial charge in [0.1, 0.15) is 0 Å². The van der Waals surface area contributed by atoms with Gasteiger partial charge in [-0.05, 0) is 49.9 Å². The van der Waals surface area contributed by atoms with Crippen LogP contribution in [-0.2, 0) is 14.8 Å². The number of benzene rings is 1. The van der Waals surface area contributed by atoms with Gasteiger partial charge in [-0.3, -0.25) is 4.79 Å². The second-order valence-corrected chi connectivity index (χ2v) is 9.77. The molecule has 26 heavy (non-hydrogen) atoms. The van der Waals surface area contributed by atoms with Crippen molar-refractivity contribution in [2.45, 2.75) is 55.9 Å². The molecule has 5 nitrogen and oxygen atoms in total. The number of halogens is 1. The van der Waals surface area contributed by atoms with Gasteiger partial charge < -0.3 is 4.90 Å². The number of rotatable bonds is 4. The van der Waals surface area contributed by atoms with Gasteiger partial charge in [-0.1, -0.05) is 30.9 Å². The molecule has 1 saturated heterocycles. The maximum atomic E-state index is 12.9. The summed E-state index contributed by atoms with van der Waals surface area (Å²) in [7, 11) is -1.71. The van der Waals surface area contributed by atoms with E-state index in [1.165, 1.54) is 35.7 Å². The first-order valence-electron chi connectivity index (χ1n) is 9.42. The molecule has 1 amide bonds. The number of sulfonamides is 1. The fourth-order valence-electron chi connectivity index (χ4n) is 4.05. The van der Waals surface area contributed by atoms with Gasteiger partial charge in [0, 0.05) is 31.2 Å². The molecule has 3 rings (SSSR count). The Kier molecular flexibility index (Phi) is 6.25. The van der Waals surface area contributed by atoms with Crippen LogP contribution in [0.2, 0.25) is 5.02 Å². The van der Waals surface area contributed by atoms with E-state index >= 15 is 0 Å². The van der Waals surface area contributed by atoms with Crippen molar-refractivity contribution in [3.8, 4) is 0 Å². The molecular formula is C19H27ClN2O3S. The number of nitrogens with zero attached hydrogens (tertiary/aromatic N) is 2. The zero-order valence-corrected chi connectivity index (χ0v) is 16.8. The van der Waals surface area contributed by atoms with Crippen LogP contribution in [0, 0.1) is 5.92 Å². The summed E-state index contributed by atoms with van der Waals surface area (Å²) >= 11 is 5.86. The van der Waals surface area contributed by atoms with E-state index in [0.29, 0.717) is 24.0 Å². The van der Waals surface area contributed by atoms with E-state index in [4.69, 9.17) is 11.6 Å². The Labute approximate surface area is 161 Å². The summed E-state index contributed by atoms with van der Waals surface area (Å²) in [6.45, 7) is 0.725. The summed E-state index contributed by atoms with van der Waals surface area (Å²) in [5.74, 6) is -0.161. The van der Waals surface area contributed by atoms with Gasteiger partial charge in [0.05, 0.1) is 10.8 Å². The lowest BCUT2D eigenvalue weighted by atomic mass is 9.92. The Balaban J connectivity index is 1.70. The molecule has 0 unspecified atom stereocenters. The SMILES string of the molecule is CN(C(=O)[C@H]1CCCN(S(=O)(=O)c2ccc(Cl)cc2)C1)C1CCCCC1. The van der Waals surface area contributed by atoms with Crippen LogP contribution in [0.25, 0.3) is 0 Å². The molecule has 1 aromatic rings. The molecule has 1 heterocycles. The average molecular weight is 399 g/mol. The van der Waals surface area contributed by atoms with Crippen LogP contribution in [0.4, 0.5) is 0 Å². The molecular weight excluding hydrogens is 372 g/mol. The van der Waals surface area contributed by atoms with Crippen molar-refractivity contribution < 1.29 is 13.2 Å². The Hall–Kier alpha value is -1.11. The van der Waals surface area contributed by atoms with E-state index in [2.05, 4.69) is 0 Å². The number of carbonyl (C=O) groups is 1. The fraction of sp³-hybridized carbons (Fsp3) is 0.632. The molecule has 1 atom stereocenters. The second kappa shape index (κ2) is 8.28. The van der Waals surface area contributed by atoms with Crippen molar-refractivity contribution >= 4 is 27.5 Å². The first-order chi connectivity index (χ1) is 12.4. The normalized spacial score (nSPS) is 22.9. The predicted octanol–water partition coefficient (Wildman–Crippen LogP) is 3.53. The molecule has 7 heteroatoms. The topological polar surface area (TPSA) is 57.7 Å². The van der Waals surface area contributed by atoms with Gasteiger partial charge in [0.25, 0.3) is 0 Å². The van der Waals surface area contributed by atoms with Crippen molar-refractivity contribution in [1.82, 2.24) is 9.21 Å². The number of piperidine rings is 1. The van der Waals surface area contributed by atoms with Crippen molar-refractivity contribution in [3.05, 3.63) is 29.3 Å². The third-order valence-electron chi connectivity index (χ3n) is 5.65. The summed E-state index contributed by atoms with van der Waals surface area (Å²) in [6, 6.07) is 6.52. The highest BCUT2D eigenvalue weighted by atomic mass is 35.5. The van der Waals surface area contributed by atoms with E-state index < -0.39 is 10.0 Å². The Bertz CT molecular complexity index is 730. The molecule has 2 aliphatic rings. The zero-order chi connectivity index (χ0) is 18.7. The van der Waals surface area contributed by atoms with Gasteiger partial charge in [-0.2, -0.15) is 4.31 Å². The minimum Gasteiger partial charge on any atom is -0.342 e. The average Bonchev–Trinajstić information content (AvgIpc) is 2.68. The molecule has 1 saturated carbocycles. The van der Waals surface area contributed by atoms with Crippen LogP contribution < -0.4 is 0 Å². The highest BCUT2D eigenvalue weighted by molar-refractivity contribution is 7.89. The third kappa shape index (κ3) is 4.24. The lowest BCUT2D eigenvalue weighted by molar-refractivity contribution is -0.138. The van der Waals surface area contributed by atoms with Gasteiger partial charge >= 0.3 is 0 Å². The van der Waals surface area contributed by atoms with Gasteiger partial charge in [0.2, 0.25) is 15.9 Å². The van der Waals surface area contributed by atoms with Gasteiger partial charge in [-0.25, -0.2) is 8.42 Å². The lowest BCUT2D eigenvalue weighted by Gasteiger charge is -2.37. The van der Waals surface area contributed by atoms with Gasteiger partial charge in [0.15, 0.2) is 0 Å². The maximum Gasteiger partial charge on any atom is 0.243 e. The van der Waals surface area contributed by atoms with Crippen molar-refractivity contribution in [1.29, 1.82) is 0 Å². The third-order valence-corrected chi connectivity index (χ3v) is 7.79. The Morgan fingerprint density at radius 1 is 1.08 bits per heavy atom. The Morgan fingerprint density at radius 3 is 2.38 bits per heavy atom. The van der Waals surface area contributed by atoms with Crippen molar-refractivity contribution in [3.63, 3.8) is 0 Å². The smallest absolute Gasteiger partial charge is 0.243 e. The summed E-state index contributed by atoms with van der Waals surface area (Å²) in [6.07, 6.45) is 7.16. The van der Waals surface area contributed by atoms with Crippen molar-refractivity contribution in [2.24, 2.45) is 5.92 Å². The molecule has 1 aromatic carbocycles. The number of hydrogen-bond donors (Lipinski definition) is 0. The molecule has 0 bridgehead atoms. The standard InChI is InChI=1S/C19H27ClN2O3S/c1-21(17-7-3-2-4-8-17)19(23)15-6-5-13-22(14-15)26(24,25)18-11-9-16(20)10-12-18/h9-12,15,17H,2-8,13-14H2,1H3/t15-/m0/s1. The molecule has 2 fully saturated rings. The molecule has 1 aliphatic carbocycles. The minimum absolute atomic E-state index is 0.0907. The molecule has 144 valence electrons. The summed E-state index contributed by atoms with van der Waals surface area (Å²) in [4.78, 5) is 15.0. The first kappa shape index (κ1) is 19.6. The van der Waals surface area contributed by atoms with E-state index in [1.807, 2.05) is 11.9 Å². The molecule has 0 N–H and O–H groups in total. The van der Waals surface area contributed by atoms with E-state index in [9.17, 15) is 13.2 Å². The van der Waals surface area contributed by atoms with Crippen LogP contribution in [0.3, 0.4) is 0 Å². The molecule has 0 radical (unpaired) electrons. The predicted molar refractivity (Wildman–Crippen MR) is 103 cm³/mol. The van der Waals surface area contributed by atoms with E-state index in [-0.39, 0.29) is 23.3 Å². The maximum absolute atomic E-state index is 12.9. The summed E-state index contributed by atoms with van der Waals surface area (Å²) < 4.78 is 27.2. The van der Waals surface area contributed by atoms with Crippen LogP contribution >= 0.6 is 11.6 Å². The van der Waals surface area contributed by atoms with E-state index in [0.717, 1.165) is 19.3 Å². The lowest BCUT2D eigenvalue weighted by Crippen LogP contribution is -2.48. The zero-order valence-electron chi connectivity index (χ0n) is 15.2. The van der Waals surface area contributed by atoms with Crippen LogP contribution in [0.1, 0.15) is 44.9 Å². The highest BCUT2D eigenvalue weighted by Gasteiger charge is 2.35. The first-order valence-corrected chi connectivity index (χ1v) is 11.2. The number of amides is 1. The molecule has 1 aliphatic heterocycles. The van der Waals surface area contributed by atoms with Crippen LogP contribution in [0.5, 0.6) is 0 Å². The number of carbonyl (C=O) groups excluding carboxylic acids is 1. The summed E-state index contributed by atoms with van der Waals surface area (Å²) in [5, 5.41) is 0.504. The van der Waals surface area contributed by atoms with Crippen LogP contribution in [-0.4, -0.2) is 49.7 Å².